The summed E-state index contributed by atoms with van der Waals surface area (Å²) >= 11 is 0. The monoisotopic (exact) mass is 225 g/mol. The van der Waals surface area contributed by atoms with E-state index in [0.29, 0.717) is 19.6 Å². The molecule has 0 heterocycles. The Morgan fingerprint density at radius 2 is 2.06 bits per heavy atom. The number of rotatable bonds is 8. The van der Waals surface area contributed by atoms with E-state index in [2.05, 4.69) is 6.92 Å². The van der Waals surface area contributed by atoms with Crippen LogP contribution in [0.2, 0.25) is 0 Å². The molecule has 0 aromatic carbocycles. The minimum atomic E-state index is -0.566. The van der Waals surface area contributed by atoms with Gasteiger partial charge in [0.05, 0.1) is 6.61 Å². The van der Waals surface area contributed by atoms with E-state index in [1.807, 2.05) is 13.0 Å². The lowest BCUT2D eigenvalue weighted by Gasteiger charge is -2.04. The predicted octanol–water partition coefficient (Wildman–Crippen LogP) is 2.21. The summed E-state index contributed by atoms with van der Waals surface area (Å²) in [6.45, 7) is 5.21. The molecule has 0 radical (unpaired) electrons. The topological polar surface area (TPSA) is 59.3 Å². The molecule has 0 rings (SSSR count). The second kappa shape index (κ2) is 10.2. The SMILES string of the molecule is CCC=C(C#N)C(=O)OCCOCCCC. The van der Waals surface area contributed by atoms with Gasteiger partial charge in [0.25, 0.3) is 0 Å². The molecule has 0 aliphatic rings. The van der Waals surface area contributed by atoms with Gasteiger partial charge in [0, 0.05) is 6.61 Å². The van der Waals surface area contributed by atoms with Crippen molar-refractivity contribution in [2.75, 3.05) is 19.8 Å². The van der Waals surface area contributed by atoms with Gasteiger partial charge in [0.1, 0.15) is 18.2 Å². The molecule has 0 saturated carbocycles. The van der Waals surface area contributed by atoms with Gasteiger partial charge in [-0.25, -0.2) is 4.79 Å². The zero-order valence-electron chi connectivity index (χ0n) is 9.99. The molecule has 0 amide bonds. The van der Waals surface area contributed by atoms with Crippen LogP contribution in [0.15, 0.2) is 11.6 Å². The zero-order chi connectivity index (χ0) is 12.2. The van der Waals surface area contributed by atoms with Gasteiger partial charge < -0.3 is 9.47 Å². The fourth-order valence-electron chi connectivity index (χ4n) is 0.998. The van der Waals surface area contributed by atoms with E-state index in [1.165, 1.54) is 0 Å². The van der Waals surface area contributed by atoms with E-state index in [1.54, 1.807) is 6.08 Å². The first-order chi connectivity index (χ1) is 7.76. The second-order valence-corrected chi connectivity index (χ2v) is 3.24. The molecule has 4 heteroatoms. The Labute approximate surface area is 96.8 Å². The third-order valence-corrected chi connectivity index (χ3v) is 1.85. The van der Waals surface area contributed by atoms with Crippen LogP contribution in [-0.2, 0) is 14.3 Å². The van der Waals surface area contributed by atoms with Gasteiger partial charge in [-0.1, -0.05) is 26.3 Å². The number of carbonyl (C=O) groups is 1. The number of nitriles is 1. The Hall–Kier alpha value is -1.34. The highest BCUT2D eigenvalue weighted by Gasteiger charge is 2.08. The van der Waals surface area contributed by atoms with Crippen LogP contribution in [0.5, 0.6) is 0 Å². The van der Waals surface area contributed by atoms with Crippen molar-refractivity contribution in [3.63, 3.8) is 0 Å². The van der Waals surface area contributed by atoms with Gasteiger partial charge in [-0.05, 0) is 12.8 Å². The Balaban J connectivity index is 3.65. The summed E-state index contributed by atoms with van der Waals surface area (Å²) in [5.41, 5.74) is 0.0658. The summed E-state index contributed by atoms with van der Waals surface area (Å²) in [7, 11) is 0. The van der Waals surface area contributed by atoms with Crippen molar-refractivity contribution in [2.45, 2.75) is 33.1 Å². The minimum absolute atomic E-state index is 0.0658. The van der Waals surface area contributed by atoms with E-state index in [0.717, 1.165) is 12.8 Å². The van der Waals surface area contributed by atoms with Crippen LogP contribution in [0.4, 0.5) is 0 Å². The maximum Gasteiger partial charge on any atom is 0.348 e. The molecular weight excluding hydrogens is 206 g/mol. The van der Waals surface area contributed by atoms with E-state index < -0.39 is 5.97 Å². The van der Waals surface area contributed by atoms with Gasteiger partial charge in [0.2, 0.25) is 0 Å². The van der Waals surface area contributed by atoms with Crippen LogP contribution in [0.3, 0.4) is 0 Å². The van der Waals surface area contributed by atoms with Crippen molar-refractivity contribution in [3.05, 3.63) is 11.6 Å². The molecule has 0 fully saturated rings. The molecule has 4 nitrogen and oxygen atoms in total. The van der Waals surface area contributed by atoms with Gasteiger partial charge in [-0.3, -0.25) is 0 Å². The lowest BCUT2D eigenvalue weighted by molar-refractivity contribution is -0.140. The Bertz CT molecular complexity index is 266. The smallest absolute Gasteiger partial charge is 0.348 e. The largest absolute Gasteiger partial charge is 0.459 e. The molecule has 16 heavy (non-hydrogen) atoms. The molecule has 0 unspecified atom stereocenters. The quantitative estimate of drug-likeness (QED) is 0.275. The molecule has 90 valence electrons. The highest BCUT2D eigenvalue weighted by molar-refractivity contribution is 5.92. The third kappa shape index (κ3) is 7.02. The van der Waals surface area contributed by atoms with Crippen molar-refractivity contribution in [1.82, 2.24) is 0 Å². The van der Waals surface area contributed by atoms with Crippen LogP contribution >= 0.6 is 0 Å². The third-order valence-electron chi connectivity index (χ3n) is 1.85. The maximum absolute atomic E-state index is 11.3. The molecule has 0 N–H and O–H groups in total. The summed E-state index contributed by atoms with van der Waals surface area (Å²) in [5.74, 6) is -0.566. The first-order valence-corrected chi connectivity index (χ1v) is 5.61. The molecule has 0 aliphatic carbocycles. The number of esters is 1. The van der Waals surface area contributed by atoms with Crippen molar-refractivity contribution < 1.29 is 14.3 Å². The fourth-order valence-corrected chi connectivity index (χ4v) is 0.998. The minimum Gasteiger partial charge on any atom is -0.459 e. The Morgan fingerprint density at radius 1 is 1.31 bits per heavy atom. The highest BCUT2D eigenvalue weighted by Crippen LogP contribution is 1.98. The van der Waals surface area contributed by atoms with E-state index in [4.69, 9.17) is 14.7 Å². The predicted molar refractivity (Wildman–Crippen MR) is 60.7 cm³/mol. The number of unbranched alkanes of at least 4 members (excludes halogenated alkanes) is 1. The van der Waals surface area contributed by atoms with E-state index >= 15 is 0 Å². The fraction of sp³-hybridized carbons (Fsp3) is 0.667. The normalized spacial score (nSPS) is 10.9. The Morgan fingerprint density at radius 3 is 2.62 bits per heavy atom. The summed E-state index contributed by atoms with van der Waals surface area (Å²) in [5, 5.41) is 8.65. The summed E-state index contributed by atoms with van der Waals surface area (Å²) in [6.07, 6.45) is 4.29. The standard InChI is InChI=1S/C12H19NO3/c1-3-5-7-15-8-9-16-12(14)11(10-13)6-4-2/h6H,3-5,7-9H2,1-2H3. The van der Waals surface area contributed by atoms with Crippen molar-refractivity contribution in [2.24, 2.45) is 0 Å². The molecule has 0 bridgehead atoms. The molecule has 0 atom stereocenters. The molecule has 0 aromatic rings. The number of allylic oxidation sites excluding steroid dienone is 1. The molecular formula is C12H19NO3. The second-order valence-electron chi connectivity index (χ2n) is 3.24. The Kier molecular flexibility index (Phi) is 9.33. The van der Waals surface area contributed by atoms with Gasteiger partial charge in [0.15, 0.2) is 0 Å². The van der Waals surface area contributed by atoms with Gasteiger partial charge >= 0.3 is 5.97 Å². The number of hydrogen-bond acceptors (Lipinski definition) is 4. The van der Waals surface area contributed by atoms with Gasteiger partial charge in [-0.2, -0.15) is 5.26 Å². The van der Waals surface area contributed by atoms with Crippen LogP contribution in [0, 0.1) is 11.3 Å². The van der Waals surface area contributed by atoms with Crippen LogP contribution in [-0.4, -0.2) is 25.8 Å². The lowest BCUT2D eigenvalue weighted by Crippen LogP contribution is -2.12. The van der Waals surface area contributed by atoms with Crippen molar-refractivity contribution in [1.29, 1.82) is 5.26 Å². The van der Waals surface area contributed by atoms with Crippen molar-refractivity contribution in [3.8, 4) is 6.07 Å². The van der Waals surface area contributed by atoms with Crippen LogP contribution in [0.1, 0.15) is 33.1 Å². The number of carbonyl (C=O) groups excluding carboxylic acids is 1. The summed E-state index contributed by atoms with van der Waals surface area (Å²) < 4.78 is 10.1. The molecule has 0 aromatic heterocycles. The first kappa shape index (κ1) is 14.7. The lowest BCUT2D eigenvalue weighted by atomic mass is 10.2. The number of hydrogen-bond donors (Lipinski definition) is 0. The zero-order valence-corrected chi connectivity index (χ0v) is 9.99. The molecule has 0 aliphatic heterocycles. The van der Waals surface area contributed by atoms with Crippen LogP contribution < -0.4 is 0 Å². The highest BCUT2D eigenvalue weighted by atomic mass is 16.6. The number of nitrogens with zero attached hydrogens (tertiary/aromatic N) is 1. The maximum atomic E-state index is 11.3. The van der Waals surface area contributed by atoms with E-state index in [-0.39, 0.29) is 12.2 Å². The van der Waals surface area contributed by atoms with Crippen LogP contribution in [0.25, 0.3) is 0 Å². The molecule has 0 saturated heterocycles. The number of ether oxygens (including phenoxy) is 2. The van der Waals surface area contributed by atoms with Crippen molar-refractivity contribution >= 4 is 5.97 Å². The summed E-state index contributed by atoms with van der Waals surface area (Å²) in [6, 6.07) is 1.81. The van der Waals surface area contributed by atoms with Gasteiger partial charge in [-0.15, -0.1) is 0 Å². The summed E-state index contributed by atoms with van der Waals surface area (Å²) in [4.78, 5) is 11.3. The molecule has 0 spiro atoms. The average Bonchev–Trinajstić information content (AvgIpc) is 2.30. The first-order valence-electron chi connectivity index (χ1n) is 5.61. The van der Waals surface area contributed by atoms with E-state index in [9.17, 15) is 4.79 Å². The average molecular weight is 225 g/mol.